The highest BCUT2D eigenvalue weighted by Crippen LogP contribution is 2.29. The zero-order chi connectivity index (χ0) is 22.5. The molecule has 0 aliphatic carbocycles. The number of rotatable bonds is 6. The molecule has 1 fully saturated rings. The number of anilines is 2. The van der Waals surface area contributed by atoms with E-state index in [1.165, 1.54) is 11.8 Å². The van der Waals surface area contributed by atoms with Crippen molar-refractivity contribution in [2.45, 2.75) is 24.5 Å². The Morgan fingerprint density at radius 1 is 1.03 bits per heavy atom. The van der Waals surface area contributed by atoms with Crippen LogP contribution in [0.1, 0.15) is 29.6 Å². The van der Waals surface area contributed by atoms with Crippen LogP contribution in [0, 0.1) is 0 Å². The zero-order valence-electron chi connectivity index (χ0n) is 17.7. The lowest BCUT2D eigenvalue weighted by Gasteiger charge is -2.16. The predicted octanol–water partition coefficient (Wildman–Crippen LogP) is 3.37. The molecule has 0 bridgehead atoms. The van der Waals surface area contributed by atoms with Gasteiger partial charge in [-0.1, -0.05) is 11.8 Å². The molecule has 0 aromatic heterocycles. The summed E-state index contributed by atoms with van der Waals surface area (Å²) in [6.45, 7) is 1.83. The highest BCUT2D eigenvalue weighted by molar-refractivity contribution is 8.15. The monoisotopic (exact) mass is 452 g/mol. The SMILES string of the molecule is COc1ccc(NC(=O)c2ccc(NC(=O)CC3SC(N4CCCC4)=NC3=O)cc2)cc1. The van der Waals surface area contributed by atoms with Gasteiger partial charge in [0.05, 0.1) is 7.11 Å². The second-order valence-corrected chi connectivity index (χ2v) is 8.72. The molecule has 0 spiro atoms. The molecular weight excluding hydrogens is 428 g/mol. The van der Waals surface area contributed by atoms with E-state index in [1.54, 1.807) is 55.6 Å². The van der Waals surface area contributed by atoms with Gasteiger partial charge >= 0.3 is 0 Å². The van der Waals surface area contributed by atoms with Crippen molar-refractivity contribution in [3.8, 4) is 5.75 Å². The normalized spacial score (nSPS) is 17.8. The number of nitrogens with one attached hydrogen (secondary N) is 2. The average Bonchev–Trinajstić information content (AvgIpc) is 3.45. The van der Waals surface area contributed by atoms with E-state index in [0.717, 1.165) is 31.1 Å². The first-order valence-electron chi connectivity index (χ1n) is 10.4. The Morgan fingerprint density at radius 3 is 2.31 bits per heavy atom. The second-order valence-electron chi connectivity index (χ2n) is 7.55. The Morgan fingerprint density at radius 2 is 1.66 bits per heavy atom. The Bertz CT molecular complexity index is 1030. The molecule has 1 unspecified atom stereocenters. The van der Waals surface area contributed by atoms with Gasteiger partial charge in [0.2, 0.25) is 5.91 Å². The van der Waals surface area contributed by atoms with Crippen molar-refractivity contribution >= 4 is 46.0 Å². The van der Waals surface area contributed by atoms with Crippen LogP contribution >= 0.6 is 11.8 Å². The molecule has 166 valence electrons. The summed E-state index contributed by atoms with van der Waals surface area (Å²) in [5.74, 6) is -0.0611. The topological polar surface area (TPSA) is 100 Å². The standard InChI is InChI=1S/C23H24N4O4S/c1-31-18-10-8-17(9-11-18)25-21(29)15-4-6-16(7-5-15)24-20(28)14-19-22(30)26-23(32-19)27-12-2-3-13-27/h4-11,19H,2-3,12-14H2,1H3,(H,24,28)(H,25,29). The maximum atomic E-state index is 12.4. The molecule has 4 rings (SSSR count). The first-order valence-corrected chi connectivity index (χ1v) is 11.3. The number of carbonyl (C=O) groups is 3. The van der Waals surface area contributed by atoms with E-state index in [-0.39, 0.29) is 24.1 Å². The third-order valence-electron chi connectivity index (χ3n) is 5.26. The van der Waals surface area contributed by atoms with Gasteiger partial charge in [-0.2, -0.15) is 4.99 Å². The van der Waals surface area contributed by atoms with E-state index >= 15 is 0 Å². The lowest BCUT2D eigenvalue weighted by atomic mass is 10.1. The maximum absolute atomic E-state index is 12.4. The number of likely N-dealkylation sites (tertiary alicyclic amines) is 1. The number of ether oxygens (including phenoxy) is 1. The number of aliphatic imine (C=N–C) groups is 1. The van der Waals surface area contributed by atoms with Gasteiger partial charge in [0.1, 0.15) is 11.0 Å². The van der Waals surface area contributed by atoms with E-state index in [1.807, 2.05) is 0 Å². The van der Waals surface area contributed by atoms with Crippen molar-refractivity contribution in [2.24, 2.45) is 4.99 Å². The predicted molar refractivity (Wildman–Crippen MR) is 125 cm³/mol. The molecular formula is C23H24N4O4S. The number of thioether (sulfide) groups is 1. The summed E-state index contributed by atoms with van der Waals surface area (Å²) < 4.78 is 5.10. The van der Waals surface area contributed by atoms with Gasteiger partial charge in [0.25, 0.3) is 11.8 Å². The summed E-state index contributed by atoms with van der Waals surface area (Å²) in [5.41, 5.74) is 1.68. The Balaban J connectivity index is 1.28. The van der Waals surface area contributed by atoms with Gasteiger partial charge < -0.3 is 20.3 Å². The van der Waals surface area contributed by atoms with Crippen molar-refractivity contribution in [1.82, 2.24) is 4.90 Å². The fourth-order valence-corrected chi connectivity index (χ4v) is 4.63. The van der Waals surface area contributed by atoms with Crippen molar-refractivity contribution < 1.29 is 19.1 Å². The van der Waals surface area contributed by atoms with Gasteiger partial charge in [-0.15, -0.1) is 0 Å². The van der Waals surface area contributed by atoms with Crippen LogP contribution in [-0.4, -0.2) is 53.2 Å². The number of hydrogen-bond acceptors (Lipinski definition) is 6. The van der Waals surface area contributed by atoms with Crippen molar-refractivity contribution in [3.05, 3.63) is 54.1 Å². The van der Waals surface area contributed by atoms with Crippen LogP contribution in [0.5, 0.6) is 5.75 Å². The summed E-state index contributed by atoms with van der Waals surface area (Å²) in [4.78, 5) is 43.2. The Hall–Kier alpha value is -3.33. The quantitative estimate of drug-likeness (QED) is 0.697. The summed E-state index contributed by atoms with van der Waals surface area (Å²) in [6.07, 6.45) is 2.27. The van der Waals surface area contributed by atoms with Crippen molar-refractivity contribution in [1.29, 1.82) is 0 Å². The number of benzene rings is 2. The zero-order valence-corrected chi connectivity index (χ0v) is 18.5. The number of methoxy groups -OCH3 is 1. The summed E-state index contributed by atoms with van der Waals surface area (Å²) in [6, 6.07) is 13.6. The molecule has 8 nitrogen and oxygen atoms in total. The number of amidine groups is 1. The van der Waals surface area contributed by atoms with Crippen molar-refractivity contribution in [2.75, 3.05) is 30.8 Å². The smallest absolute Gasteiger partial charge is 0.262 e. The third-order valence-corrected chi connectivity index (χ3v) is 6.47. The van der Waals surface area contributed by atoms with Crippen LogP contribution in [0.15, 0.2) is 53.5 Å². The molecule has 2 aromatic carbocycles. The Kier molecular flexibility index (Phi) is 6.75. The maximum Gasteiger partial charge on any atom is 0.262 e. The van der Waals surface area contributed by atoms with Crippen LogP contribution in [-0.2, 0) is 9.59 Å². The van der Waals surface area contributed by atoms with Gasteiger partial charge in [0, 0.05) is 36.4 Å². The molecule has 3 amide bonds. The molecule has 2 N–H and O–H groups in total. The molecule has 32 heavy (non-hydrogen) atoms. The summed E-state index contributed by atoms with van der Waals surface area (Å²) >= 11 is 1.37. The number of amides is 3. The summed E-state index contributed by atoms with van der Waals surface area (Å²) in [5, 5.41) is 5.85. The van der Waals surface area contributed by atoms with E-state index in [9.17, 15) is 14.4 Å². The molecule has 0 radical (unpaired) electrons. The van der Waals surface area contributed by atoms with Crippen LogP contribution in [0.4, 0.5) is 11.4 Å². The summed E-state index contributed by atoms with van der Waals surface area (Å²) in [7, 11) is 1.58. The van der Waals surface area contributed by atoms with Crippen LogP contribution in [0.3, 0.4) is 0 Å². The van der Waals surface area contributed by atoms with Gasteiger partial charge in [0.15, 0.2) is 5.17 Å². The highest BCUT2D eigenvalue weighted by Gasteiger charge is 2.33. The van der Waals surface area contributed by atoms with Crippen molar-refractivity contribution in [3.63, 3.8) is 0 Å². The van der Waals surface area contributed by atoms with E-state index in [2.05, 4.69) is 20.5 Å². The van der Waals surface area contributed by atoms with E-state index in [0.29, 0.717) is 22.7 Å². The molecule has 1 atom stereocenters. The number of hydrogen-bond donors (Lipinski definition) is 2. The Labute approximate surface area is 190 Å². The van der Waals surface area contributed by atoms with E-state index in [4.69, 9.17) is 4.74 Å². The number of nitrogens with zero attached hydrogens (tertiary/aromatic N) is 2. The minimum atomic E-state index is -0.486. The molecule has 1 saturated heterocycles. The molecule has 2 heterocycles. The lowest BCUT2D eigenvalue weighted by Crippen LogP contribution is -2.25. The first kappa shape index (κ1) is 21.9. The van der Waals surface area contributed by atoms with Crippen LogP contribution in [0.2, 0.25) is 0 Å². The van der Waals surface area contributed by atoms with Gasteiger partial charge in [-0.05, 0) is 61.4 Å². The van der Waals surface area contributed by atoms with Crippen LogP contribution in [0.25, 0.3) is 0 Å². The number of carbonyl (C=O) groups excluding carboxylic acids is 3. The molecule has 2 aliphatic heterocycles. The van der Waals surface area contributed by atoms with E-state index < -0.39 is 5.25 Å². The van der Waals surface area contributed by atoms with Crippen LogP contribution < -0.4 is 15.4 Å². The van der Waals surface area contributed by atoms with Gasteiger partial charge in [-0.25, -0.2) is 0 Å². The molecule has 0 saturated carbocycles. The third kappa shape index (κ3) is 5.28. The van der Waals surface area contributed by atoms with Gasteiger partial charge in [-0.3, -0.25) is 14.4 Å². The average molecular weight is 453 g/mol. The highest BCUT2D eigenvalue weighted by atomic mass is 32.2. The minimum Gasteiger partial charge on any atom is -0.497 e. The fourth-order valence-electron chi connectivity index (χ4n) is 3.52. The fraction of sp³-hybridized carbons (Fsp3) is 0.304. The second kappa shape index (κ2) is 9.86. The minimum absolute atomic E-state index is 0.0596. The largest absolute Gasteiger partial charge is 0.497 e. The molecule has 9 heteroatoms. The first-order chi connectivity index (χ1) is 15.5. The lowest BCUT2D eigenvalue weighted by molar-refractivity contribution is -0.121. The molecule has 2 aliphatic rings. The molecule has 2 aromatic rings.